The van der Waals surface area contributed by atoms with Gasteiger partial charge in [-0.15, -0.1) is 0 Å². The molecule has 0 unspecified atom stereocenters. The number of aromatic nitrogens is 4. The number of nitrogens with one attached hydrogen (secondary N) is 1. The van der Waals surface area contributed by atoms with Gasteiger partial charge in [0, 0.05) is 43.9 Å². The first-order chi connectivity index (χ1) is 10.5. The normalized spacial score (nSPS) is 17.3. The SMILES string of the molecule is Cc1cn2c(n1)CC[C@@H](NC(=O)CCn1nc(C)cc1C)C2. The van der Waals surface area contributed by atoms with Gasteiger partial charge in [-0.25, -0.2) is 4.98 Å². The number of aryl methyl sites for hydroxylation is 5. The van der Waals surface area contributed by atoms with Crippen LogP contribution >= 0.6 is 0 Å². The van der Waals surface area contributed by atoms with E-state index >= 15 is 0 Å². The highest BCUT2D eigenvalue weighted by Crippen LogP contribution is 2.15. The van der Waals surface area contributed by atoms with Crippen LogP contribution in [0.1, 0.15) is 35.7 Å². The fourth-order valence-electron chi connectivity index (χ4n) is 3.11. The minimum atomic E-state index is 0.0952. The first-order valence-electron chi connectivity index (χ1n) is 7.84. The third-order valence-electron chi connectivity index (χ3n) is 4.13. The fraction of sp³-hybridized carbons (Fsp3) is 0.562. The zero-order chi connectivity index (χ0) is 15.7. The molecule has 118 valence electrons. The van der Waals surface area contributed by atoms with Crippen LogP contribution < -0.4 is 5.32 Å². The predicted molar refractivity (Wildman–Crippen MR) is 83.5 cm³/mol. The van der Waals surface area contributed by atoms with Crippen molar-refractivity contribution < 1.29 is 4.79 Å². The van der Waals surface area contributed by atoms with Gasteiger partial charge in [-0.1, -0.05) is 0 Å². The standard InChI is InChI=1S/C16H23N5O/c1-11-8-13(3)21(19-11)7-6-16(22)18-14-4-5-15-17-12(2)9-20(15)10-14/h8-9,14H,4-7,10H2,1-3H3,(H,18,22)/t14-/m1/s1. The van der Waals surface area contributed by atoms with E-state index in [1.54, 1.807) is 0 Å². The molecule has 1 aliphatic rings. The van der Waals surface area contributed by atoms with E-state index in [4.69, 9.17) is 0 Å². The summed E-state index contributed by atoms with van der Waals surface area (Å²) in [6, 6.07) is 2.23. The van der Waals surface area contributed by atoms with Gasteiger partial charge in [-0.3, -0.25) is 9.48 Å². The Balaban J connectivity index is 1.51. The molecule has 0 fully saturated rings. The second-order valence-corrected chi connectivity index (χ2v) is 6.15. The Kier molecular flexibility index (Phi) is 4.00. The number of carbonyl (C=O) groups is 1. The number of hydrogen-bond donors (Lipinski definition) is 1. The molecular formula is C16H23N5O. The Labute approximate surface area is 130 Å². The molecule has 0 radical (unpaired) electrons. The van der Waals surface area contributed by atoms with E-state index in [0.717, 1.165) is 42.3 Å². The zero-order valence-electron chi connectivity index (χ0n) is 13.5. The van der Waals surface area contributed by atoms with Crippen LogP contribution in [0.25, 0.3) is 0 Å². The number of carbonyl (C=O) groups excluding carboxylic acids is 1. The largest absolute Gasteiger partial charge is 0.352 e. The van der Waals surface area contributed by atoms with E-state index in [0.29, 0.717) is 13.0 Å². The molecule has 6 heteroatoms. The zero-order valence-corrected chi connectivity index (χ0v) is 13.5. The van der Waals surface area contributed by atoms with E-state index in [1.807, 2.05) is 31.5 Å². The lowest BCUT2D eigenvalue weighted by Crippen LogP contribution is -2.41. The van der Waals surface area contributed by atoms with Gasteiger partial charge in [0.05, 0.1) is 11.4 Å². The summed E-state index contributed by atoms with van der Waals surface area (Å²) in [5.41, 5.74) is 3.14. The van der Waals surface area contributed by atoms with Gasteiger partial charge in [0.1, 0.15) is 5.82 Å². The van der Waals surface area contributed by atoms with Crippen molar-refractivity contribution in [1.29, 1.82) is 0 Å². The van der Waals surface area contributed by atoms with Gasteiger partial charge < -0.3 is 9.88 Å². The summed E-state index contributed by atoms with van der Waals surface area (Å²) in [7, 11) is 0. The lowest BCUT2D eigenvalue weighted by atomic mass is 10.1. The molecule has 0 aromatic carbocycles. The number of rotatable bonds is 4. The smallest absolute Gasteiger partial charge is 0.222 e. The van der Waals surface area contributed by atoms with Gasteiger partial charge in [-0.05, 0) is 33.3 Å². The maximum atomic E-state index is 12.1. The Morgan fingerprint density at radius 2 is 2.18 bits per heavy atom. The molecule has 3 heterocycles. The molecule has 3 rings (SSSR count). The molecule has 22 heavy (non-hydrogen) atoms. The van der Waals surface area contributed by atoms with Crippen molar-refractivity contribution in [2.24, 2.45) is 0 Å². The molecule has 1 aliphatic heterocycles. The lowest BCUT2D eigenvalue weighted by Gasteiger charge is -2.24. The number of amides is 1. The van der Waals surface area contributed by atoms with Crippen LogP contribution in [0.4, 0.5) is 0 Å². The van der Waals surface area contributed by atoms with Crippen LogP contribution in [0.5, 0.6) is 0 Å². The quantitative estimate of drug-likeness (QED) is 0.931. The highest BCUT2D eigenvalue weighted by Gasteiger charge is 2.21. The third kappa shape index (κ3) is 3.21. The van der Waals surface area contributed by atoms with E-state index in [2.05, 4.69) is 26.2 Å². The van der Waals surface area contributed by atoms with Crippen molar-refractivity contribution in [3.8, 4) is 0 Å². The van der Waals surface area contributed by atoms with Crippen molar-refractivity contribution in [1.82, 2.24) is 24.6 Å². The first kappa shape index (κ1) is 14.8. The van der Waals surface area contributed by atoms with Crippen LogP contribution in [0.3, 0.4) is 0 Å². The third-order valence-corrected chi connectivity index (χ3v) is 4.13. The van der Waals surface area contributed by atoms with Gasteiger partial charge in [0.25, 0.3) is 0 Å². The number of nitrogens with zero attached hydrogens (tertiary/aromatic N) is 4. The van der Waals surface area contributed by atoms with Crippen molar-refractivity contribution in [3.63, 3.8) is 0 Å². The Morgan fingerprint density at radius 3 is 2.91 bits per heavy atom. The maximum Gasteiger partial charge on any atom is 0.222 e. The topological polar surface area (TPSA) is 64.7 Å². The van der Waals surface area contributed by atoms with E-state index in [-0.39, 0.29) is 11.9 Å². The highest BCUT2D eigenvalue weighted by molar-refractivity contribution is 5.76. The molecule has 1 atom stereocenters. The number of imidazole rings is 1. The van der Waals surface area contributed by atoms with Crippen molar-refractivity contribution in [2.75, 3.05) is 0 Å². The van der Waals surface area contributed by atoms with E-state index in [9.17, 15) is 4.79 Å². The van der Waals surface area contributed by atoms with Crippen molar-refractivity contribution in [3.05, 3.63) is 35.2 Å². The number of hydrogen-bond acceptors (Lipinski definition) is 3. The van der Waals surface area contributed by atoms with Gasteiger partial charge in [0.2, 0.25) is 5.91 Å². The summed E-state index contributed by atoms with van der Waals surface area (Å²) >= 11 is 0. The average molecular weight is 301 g/mol. The molecule has 0 saturated carbocycles. The summed E-state index contributed by atoms with van der Waals surface area (Å²) in [5, 5.41) is 7.52. The molecule has 0 spiro atoms. The molecule has 0 bridgehead atoms. The molecule has 1 amide bonds. The van der Waals surface area contributed by atoms with Gasteiger partial charge in [-0.2, -0.15) is 5.10 Å². The molecule has 0 aliphatic carbocycles. The summed E-state index contributed by atoms with van der Waals surface area (Å²) in [6.07, 6.45) is 4.41. The Hall–Kier alpha value is -2.11. The first-order valence-corrected chi connectivity index (χ1v) is 7.84. The minimum Gasteiger partial charge on any atom is -0.352 e. The van der Waals surface area contributed by atoms with E-state index < -0.39 is 0 Å². The van der Waals surface area contributed by atoms with Crippen molar-refractivity contribution >= 4 is 5.91 Å². The molecule has 2 aromatic rings. The lowest BCUT2D eigenvalue weighted by molar-refractivity contribution is -0.122. The maximum absolute atomic E-state index is 12.1. The van der Waals surface area contributed by atoms with E-state index in [1.165, 1.54) is 0 Å². The van der Waals surface area contributed by atoms with Crippen LogP contribution in [0, 0.1) is 20.8 Å². The molecule has 2 aromatic heterocycles. The molecule has 0 saturated heterocycles. The number of fused-ring (bicyclic) bond motifs is 1. The minimum absolute atomic E-state index is 0.0952. The Morgan fingerprint density at radius 1 is 1.36 bits per heavy atom. The predicted octanol–water partition coefficient (Wildman–Crippen LogP) is 1.53. The van der Waals surface area contributed by atoms with Crippen LogP contribution in [-0.4, -0.2) is 31.3 Å². The van der Waals surface area contributed by atoms with Crippen LogP contribution in [0.15, 0.2) is 12.3 Å². The molecular weight excluding hydrogens is 278 g/mol. The summed E-state index contributed by atoms with van der Waals surface area (Å²) < 4.78 is 4.05. The molecule has 6 nitrogen and oxygen atoms in total. The summed E-state index contributed by atoms with van der Waals surface area (Å²) in [4.78, 5) is 16.6. The Bertz CT molecular complexity index is 685. The van der Waals surface area contributed by atoms with Crippen molar-refractivity contribution in [2.45, 2.75) is 59.2 Å². The fourth-order valence-corrected chi connectivity index (χ4v) is 3.11. The van der Waals surface area contributed by atoms with Gasteiger partial charge >= 0.3 is 0 Å². The summed E-state index contributed by atoms with van der Waals surface area (Å²) in [6.45, 7) is 7.45. The average Bonchev–Trinajstić information content (AvgIpc) is 2.97. The van der Waals surface area contributed by atoms with Crippen LogP contribution in [0.2, 0.25) is 0 Å². The highest BCUT2D eigenvalue weighted by atomic mass is 16.1. The molecule has 1 N–H and O–H groups in total. The van der Waals surface area contributed by atoms with Crippen LogP contribution in [-0.2, 0) is 24.3 Å². The van der Waals surface area contributed by atoms with Gasteiger partial charge in [0.15, 0.2) is 0 Å². The second kappa shape index (κ2) is 5.94. The monoisotopic (exact) mass is 301 g/mol. The summed E-state index contributed by atoms with van der Waals surface area (Å²) in [5.74, 6) is 1.23. The second-order valence-electron chi connectivity index (χ2n) is 6.15.